The molecule has 8 heteroatoms. The summed E-state index contributed by atoms with van der Waals surface area (Å²) in [5, 5.41) is 0. The maximum absolute atomic E-state index is 13.0. The molecule has 1 aliphatic carbocycles. The van der Waals surface area contributed by atoms with Crippen molar-refractivity contribution in [1.29, 1.82) is 0 Å². The van der Waals surface area contributed by atoms with Crippen molar-refractivity contribution < 1.29 is 26.5 Å². The van der Waals surface area contributed by atoms with Gasteiger partial charge in [0.2, 0.25) is 5.91 Å². The van der Waals surface area contributed by atoms with Crippen LogP contribution in [0.5, 0.6) is 11.5 Å². The maximum atomic E-state index is 13.0. The van der Waals surface area contributed by atoms with Gasteiger partial charge in [-0.15, -0.1) is 0 Å². The summed E-state index contributed by atoms with van der Waals surface area (Å²) in [7, 11) is -2.49. The molecule has 0 saturated heterocycles. The smallest absolute Gasteiger partial charge is 0.339 e. The van der Waals surface area contributed by atoms with Crippen molar-refractivity contribution in [2.24, 2.45) is 5.92 Å². The van der Waals surface area contributed by atoms with E-state index in [1.807, 2.05) is 12.1 Å². The molecule has 1 aromatic heterocycles. The largest absolute Gasteiger partial charge is 0.497 e. The van der Waals surface area contributed by atoms with Crippen LogP contribution in [0.25, 0.3) is 0 Å². The topological polar surface area (TPSA) is 86.1 Å². The lowest BCUT2D eigenvalue weighted by Crippen LogP contribution is -2.38. The summed E-state index contributed by atoms with van der Waals surface area (Å²) in [6, 6.07) is 16.4. The minimum Gasteiger partial charge on any atom is -0.497 e. The predicted molar refractivity (Wildman–Crippen MR) is 118 cm³/mol. The second kappa shape index (κ2) is 9.48. The molecular formula is C24H25NO6S. The van der Waals surface area contributed by atoms with Gasteiger partial charge in [0.25, 0.3) is 0 Å². The zero-order valence-electron chi connectivity index (χ0n) is 17.8. The highest BCUT2D eigenvalue weighted by atomic mass is 32.2. The number of benzene rings is 2. The highest BCUT2D eigenvalue weighted by Gasteiger charge is 2.30. The predicted octanol–water partition coefficient (Wildman–Crippen LogP) is 4.38. The Morgan fingerprint density at radius 1 is 1.03 bits per heavy atom. The Kier molecular flexibility index (Phi) is 6.50. The van der Waals surface area contributed by atoms with E-state index in [0.717, 1.165) is 24.8 Å². The van der Waals surface area contributed by atoms with Crippen molar-refractivity contribution in [3.63, 3.8) is 0 Å². The van der Waals surface area contributed by atoms with Gasteiger partial charge in [0, 0.05) is 12.5 Å². The molecule has 0 aliphatic heterocycles. The van der Waals surface area contributed by atoms with Crippen molar-refractivity contribution in [2.75, 3.05) is 7.11 Å². The van der Waals surface area contributed by atoms with Crippen LogP contribution in [0.4, 0.5) is 0 Å². The number of carbonyl (C=O) groups excluding carboxylic acids is 1. The first-order chi connectivity index (χ1) is 15.4. The number of nitrogens with zero attached hydrogens (tertiary/aromatic N) is 1. The van der Waals surface area contributed by atoms with Gasteiger partial charge in [-0.2, -0.15) is 8.42 Å². The van der Waals surface area contributed by atoms with Crippen LogP contribution in [-0.2, 0) is 28.0 Å². The van der Waals surface area contributed by atoms with E-state index in [0.29, 0.717) is 24.6 Å². The molecule has 0 N–H and O–H groups in total. The van der Waals surface area contributed by atoms with Gasteiger partial charge >= 0.3 is 10.1 Å². The van der Waals surface area contributed by atoms with Crippen molar-refractivity contribution in [3.05, 3.63) is 78.3 Å². The minimum atomic E-state index is -4.00. The summed E-state index contributed by atoms with van der Waals surface area (Å²) in [5.41, 5.74) is 0.770. The highest BCUT2D eigenvalue weighted by molar-refractivity contribution is 7.87. The van der Waals surface area contributed by atoms with Crippen LogP contribution in [0.1, 0.15) is 30.6 Å². The summed E-state index contributed by atoms with van der Waals surface area (Å²) in [5.74, 6) is 1.57. The summed E-state index contributed by atoms with van der Waals surface area (Å²) in [4.78, 5) is 14.7. The second-order valence-corrected chi connectivity index (χ2v) is 9.31. The van der Waals surface area contributed by atoms with Crippen LogP contribution >= 0.6 is 0 Å². The fourth-order valence-corrected chi connectivity index (χ4v) is 4.47. The molecule has 3 aromatic rings. The molecule has 32 heavy (non-hydrogen) atoms. The van der Waals surface area contributed by atoms with E-state index in [4.69, 9.17) is 13.3 Å². The van der Waals surface area contributed by atoms with Gasteiger partial charge in [0.05, 0.1) is 19.9 Å². The zero-order valence-corrected chi connectivity index (χ0v) is 18.6. The van der Waals surface area contributed by atoms with Crippen LogP contribution < -0.4 is 8.92 Å². The number of hydrogen-bond donors (Lipinski definition) is 0. The quantitative estimate of drug-likeness (QED) is 0.445. The van der Waals surface area contributed by atoms with E-state index in [-0.39, 0.29) is 22.5 Å². The molecule has 0 atom stereocenters. The third kappa shape index (κ3) is 5.13. The molecule has 0 bridgehead atoms. The van der Waals surface area contributed by atoms with E-state index in [9.17, 15) is 13.2 Å². The van der Waals surface area contributed by atoms with Gasteiger partial charge in [0.15, 0.2) is 0 Å². The van der Waals surface area contributed by atoms with E-state index in [1.54, 1.807) is 47.6 Å². The lowest BCUT2D eigenvalue weighted by Gasteiger charge is -2.31. The van der Waals surface area contributed by atoms with Crippen LogP contribution in [0.3, 0.4) is 0 Å². The summed E-state index contributed by atoms with van der Waals surface area (Å²) < 4.78 is 41.1. The molecule has 7 nitrogen and oxygen atoms in total. The fraction of sp³-hybridized carbons (Fsp3) is 0.292. The summed E-state index contributed by atoms with van der Waals surface area (Å²) in [6.07, 6.45) is 4.45. The second-order valence-electron chi connectivity index (χ2n) is 7.76. The van der Waals surface area contributed by atoms with E-state index >= 15 is 0 Å². The Labute approximate surface area is 187 Å². The monoisotopic (exact) mass is 455 g/mol. The Morgan fingerprint density at radius 3 is 2.44 bits per heavy atom. The molecule has 2 aromatic carbocycles. The third-order valence-corrected chi connectivity index (χ3v) is 6.78. The van der Waals surface area contributed by atoms with Crippen molar-refractivity contribution >= 4 is 16.0 Å². The highest BCUT2D eigenvalue weighted by Crippen LogP contribution is 2.30. The number of methoxy groups -OCH3 is 1. The molecule has 168 valence electrons. The maximum Gasteiger partial charge on any atom is 0.339 e. The van der Waals surface area contributed by atoms with Crippen LogP contribution in [0, 0.1) is 5.92 Å². The Bertz CT molecular complexity index is 1150. The molecule has 1 aliphatic rings. The van der Waals surface area contributed by atoms with Crippen molar-refractivity contribution in [1.82, 2.24) is 4.90 Å². The number of hydrogen-bond acceptors (Lipinski definition) is 6. The number of amides is 1. The van der Waals surface area contributed by atoms with Gasteiger partial charge in [-0.1, -0.05) is 18.6 Å². The normalized spacial score (nSPS) is 13.9. The third-order valence-electron chi connectivity index (χ3n) is 5.52. The van der Waals surface area contributed by atoms with E-state index < -0.39 is 10.1 Å². The number of ether oxygens (including phenoxy) is 1. The van der Waals surface area contributed by atoms with Gasteiger partial charge in [-0.05, 0) is 66.9 Å². The van der Waals surface area contributed by atoms with Crippen LogP contribution in [0.15, 0.2) is 76.2 Å². The van der Waals surface area contributed by atoms with Crippen LogP contribution in [0.2, 0.25) is 0 Å². The molecule has 0 radical (unpaired) electrons. The zero-order chi connectivity index (χ0) is 22.6. The van der Waals surface area contributed by atoms with Crippen LogP contribution in [-0.4, -0.2) is 26.3 Å². The summed E-state index contributed by atoms with van der Waals surface area (Å²) in [6.45, 7) is 0.688. The molecular weight excluding hydrogens is 430 g/mol. The van der Waals surface area contributed by atoms with Gasteiger partial charge in [-0.25, -0.2) is 0 Å². The molecule has 1 amide bonds. The molecule has 1 saturated carbocycles. The number of furan rings is 1. The first-order valence-electron chi connectivity index (χ1n) is 10.4. The van der Waals surface area contributed by atoms with E-state index in [1.165, 1.54) is 19.2 Å². The number of carbonyl (C=O) groups is 1. The van der Waals surface area contributed by atoms with Gasteiger partial charge in [0.1, 0.15) is 22.2 Å². The molecule has 0 unspecified atom stereocenters. The molecule has 1 fully saturated rings. The Hall–Kier alpha value is -3.26. The Morgan fingerprint density at radius 2 is 1.81 bits per heavy atom. The molecule has 4 rings (SSSR count). The standard InChI is InChI=1S/C24H25NO6S/c1-29-20-10-12-23(13-11-20)32(27,28)31-21-8-2-5-18(15-21)16-25(17-22-9-4-14-30-22)24(26)19-6-3-7-19/h2,4-5,8-15,19H,3,6-7,16-17H2,1H3. The average molecular weight is 456 g/mol. The molecule has 1 heterocycles. The van der Waals surface area contributed by atoms with Gasteiger partial charge in [-0.3, -0.25) is 4.79 Å². The van der Waals surface area contributed by atoms with Gasteiger partial charge < -0.3 is 18.2 Å². The average Bonchev–Trinajstić information content (AvgIpc) is 3.25. The number of rotatable bonds is 9. The first-order valence-corrected chi connectivity index (χ1v) is 11.8. The Balaban J connectivity index is 1.50. The minimum absolute atomic E-state index is 0.0308. The van der Waals surface area contributed by atoms with Crippen molar-refractivity contribution in [2.45, 2.75) is 37.2 Å². The molecule has 0 spiro atoms. The first kappa shape index (κ1) is 22.0. The van der Waals surface area contributed by atoms with Crippen molar-refractivity contribution in [3.8, 4) is 11.5 Å². The lowest BCUT2D eigenvalue weighted by molar-refractivity contribution is -0.139. The lowest BCUT2D eigenvalue weighted by atomic mass is 9.84. The SMILES string of the molecule is COc1ccc(S(=O)(=O)Oc2cccc(CN(Cc3ccco3)C(=O)C3CCC3)c2)cc1. The summed E-state index contributed by atoms with van der Waals surface area (Å²) >= 11 is 0. The fourth-order valence-electron chi connectivity index (χ4n) is 3.55. The van der Waals surface area contributed by atoms with E-state index in [2.05, 4.69) is 0 Å².